The van der Waals surface area contributed by atoms with Crippen LogP contribution in [-0.2, 0) is 6.42 Å². The van der Waals surface area contributed by atoms with Gasteiger partial charge in [-0.1, -0.05) is 18.2 Å². The first-order valence-corrected chi connectivity index (χ1v) is 8.15. The fraction of sp³-hybridized carbons (Fsp3) is 0.250. The van der Waals surface area contributed by atoms with Crippen LogP contribution in [0.25, 0.3) is 10.9 Å². The lowest BCUT2D eigenvalue weighted by atomic mass is 10.1. The van der Waals surface area contributed by atoms with Crippen molar-refractivity contribution in [3.05, 3.63) is 65.4 Å². The highest BCUT2D eigenvalue weighted by Gasteiger charge is 2.19. The highest BCUT2D eigenvalue weighted by molar-refractivity contribution is 6.04. The quantitative estimate of drug-likeness (QED) is 0.803. The van der Waals surface area contributed by atoms with Gasteiger partial charge >= 0.3 is 0 Å². The average molecular weight is 321 g/mol. The summed E-state index contributed by atoms with van der Waals surface area (Å²) in [5.74, 6) is -0.000950. The van der Waals surface area contributed by atoms with E-state index >= 15 is 0 Å². The first-order valence-electron chi connectivity index (χ1n) is 8.15. The summed E-state index contributed by atoms with van der Waals surface area (Å²) in [6, 6.07) is 15.6. The average Bonchev–Trinajstić information content (AvgIpc) is 2.87. The fourth-order valence-electron chi connectivity index (χ4n) is 3.18. The van der Waals surface area contributed by atoms with Gasteiger partial charge in [0.05, 0.1) is 5.52 Å². The Hall–Kier alpha value is -2.59. The van der Waals surface area contributed by atoms with E-state index in [1.165, 1.54) is 0 Å². The van der Waals surface area contributed by atoms with Crippen LogP contribution >= 0.6 is 0 Å². The van der Waals surface area contributed by atoms with Crippen molar-refractivity contribution in [3.8, 4) is 0 Å². The molecular formula is C20H23N3O. The lowest BCUT2D eigenvalue weighted by Crippen LogP contribution is -2.14. The van der Waals surface area contributed by atoms with E-state index in [-0.39, 0.29) is 5.91 Å². The van der Waals surface area contributed by atoms with Gasteiger partial charge in [0.2, 0.25) is 0 Å². The molecule has 24 heavy (non-hydrogen) atoms. The van der Waals surface area contributed by atoms with Crippen LogP contribution in [0.4, 0.5) is 5.69 Å². The minimum atomic E-state index is -0.000950. The molecule has 0 radical (unpaired) electrons. The largest absolute Gasteiger partial charge is 0.378 e. The normalized spacial score (nSPS) is 11.0. The number of anilines is 1. The monoisotopic (exact) mass is 321 g/mol. The lowest BCUT2D eigenvalue weighted by molar-refractivity contribution is 0.0963. The third kappa shape index (κ3) is 2.69. The Kier molecular flexibility index (Phi) is 4.40. The molecule has 0 fully saturated rings. The van der Waals surface area contributed by atoms with Crippen LogP contribution in [0.1, 0.15) is 21.6 Å². The van der Waals surface area contributed by atoms with Crippen molar-refractivity contribution < 1.29 is 4.79 Å². The summed E-state index contributed by atoms with van der Waals surface area (Å²) in [4.78, 5) is 15.1. The fourth-order valence-corrected chi connectivity index (χ4v) is 3.18. The number of rotatable bonds is 4. The minimum absolute atomic E-state index is 0.000950. The summed E-state index contributed by atoms with van der Waals surface area (Å²) in [5.41, 5.74) is 10.7. The van der Waals surface area contributed by atoms with Crippen molar-refractivity contribution in [3.63, 3.8) is 0 Å². The number of carbonyl (C=O) groups excluding carboxylic acids is 1. The van der Waals surface area contributed by atoms with E-state index in [1.54, 1.807) is 0 Å². The van der Waals surface area contributed by atoms with Crippen LogP contribution in [0.5, 0.6) is 0 Å². The Labute approximate surface area is 142 Å². The van der Waals surface area contributed by atoms with Crippen LogP contribution in [0.2, 0.25) is 0 Å². The summed E-state index contributed by atoms with van der Waals surface area (Å²) in [7, 11) is 4.03. The Morgan fingerprint density at radius 2 is 1.83 bits per heavy atom. The molecule has 0 bridgehead atoms. The van der Waals surface area contributed by atoms with Crippen molar-refractivity contribution in [1.82, 2.24) is 4.57 Å². The summed E-state index contributed by atoms with van der Waals surface area (Å²) in [6.45, 7) is 2.56. The van der Waals surface area contributed by atoms with Crippen molar-refractivity contribution in [1.29, 1.82) is 0 Å². The van der Waals surface area contributed by atoms with E-state index in [0.29, 0.717) is 12.1 Å². The van der Waals surface area contributed by atoms with Crippen molar-refractivity contribution in [2.75, 3.05) is 25.5 Å². The zero-order valence-corrected chi connectivity index (χ0v) is 14.4. The van der Waals surface area contributed by atoms with Crippen LogP contribution in [0.3, 0.4) is 0 Å². The third-order valence-electron chi connectivity index (χ3n) is 4.45. The second-order valence-electron chi connectivity index (χ2n) is 6.21. The molecule has 0 saturated carbocycles. The molecule has 3 aromatic rings. The van der Waals surface area contributed by atoms with Gasteiger partial charge in [0.25, 0.3) is 5.91 Å². The Bertz CT molecular complexity index is 879. The number of benzene rings is 2. The molecule has 124 valence electrons. The standard InChI is InChI=1S/C20H23N3O/c1-14-17(11-12-21)18-13-16(22(2)3)9-10-19(18)23(14)20(24)15-7-5-4-6-8-15/h4-10,13H,11-12,21H2,1-3H3. The SMILES string of the molecule is Cc1c(CCN)c2cc(N(C)C)ccc2n1C(=O)c1ccccc1. The summed E-state index contributed by atoms with van der Waals surface area (Å²) >= 11 is 0. The zero-order chi connectivity index (χ0) is 17.3. The van der Waals surface area contributed by atoms with Gasteiger partial charge < -0.3 is 10.6 Å². The Morgan fingerprint density at radius 3 is 2.46 bits per heavy atom. The van der Waals surface area contributed by atoms with E-state index in [4.69, 9.17) is 5.73 Å². The zero-order valence-electron chi connectivity index (χ0n) is 14.4. The van der Waals surface area contributed by atoms with Crippen LogP contribution in [0.15, 0.2) is 48.5 Å². The third-order valence-corrected chi connectivity index (χ3v) is 4.45. The van der Waals surface area contributed by atoms with Gasteiger partial charge in [-0.3, -0.25) is 9.36 Å². The molecule has 2 N–H and O–H groups in total. The predicted octanol–water partition coefficient (Wildman–Crippen LogP) is 3.21. The molecule has 0 unspecified atom stereocenters. The smallest absolute Gasteiger partial charge is 0.262 e. The molecule has 0 aliphatic heterocycles. The maximum absolute atomic E-state index is 13.0. The maximum atomic E-state index is 13.0. The second kappa shape index (κ2) is 6.49. The molecule has 1 aromatic heterocycles. The Morgan fingerprint density at radius 1 is 1.12 bits per heavy atom. The highest BCUT2D eigenvalue weighted by Crippen LogP contribution is 2.30. The number of nitrogens with two attached hydrogens (primary N) is 1. The van der Waals surface area contributed by atoms with Crippen LogP contribution in [0, 0.1) is 6.92 Å². The van der Waals surface area contributed by atoms with E-state index in [2.05, 4.69) is 11.0 Å². The van der Waals surface area contributed by atoms with Crippen molar-refractivity contribution in [2.45, 2.75) is 13.3 Å². The topological polar surface area (TPSA) is 51.3 Å². The molecule has 0 amide bonds. The molecule has 2 aromatic carbocycles. The predicted molar refractivity (Wildman–Crippen MR) is 99.9 cm³/mol. The number of carbonyl (C=O) groups is 1. The van der Waals surface area contributed by atoms with Gasteiger partial charge in [-0.15, -0.1) is 0 Å². The molecule has 4 heteroatoms. The van der Waals surface area contributed by atoms with E-state index in [0.717, 1.165) is 34.3 Å². The lowest BCUT2D eigenvalue weighted by Gasteiger charge is -2.13. The van der Waals surface area contributed by atoms with Gasteiger partial charge in [0.15, 0.2) is 0 Å². The highest BCUT2D eigenvalue weighted by atomic mass is 16.2. The summed E-state index contributed by atoms with van der Waals surface area (Å²) in [6.07, 6.45) is 0.758. The second-order valence-corrected chi connectivity index (χ2v) is 6.21. The molecule has 4 nitrogen and oxygen atoms in total. The van der Waals surface area contributed by atoms with Gasteiger partial charge in [-0.05, 0) is 55.8 Å². The summed E-state index contributed by atoms with van der Waals surface area (Å²) < 4.78 is 1.81. The van der Waals surface area contributed by atoms with Crippen molar-refractivity contribution in [2.24, 2.45) is 5.73 Å². The molecular weight excluding hydrogens is 298 g/mol. The molecule has 0 saturated heterocycles. The molecule has 0 atom stereocenters. The van der Waals surface area contributed by atoms with E-state index in [1.807, 2.05) is 68.1 Å². The number of hydrogen-bond donors (Lipinski definition) is 1. The van der Waals surface area contributed by atoms with Crippen molar-refractivity contribution >= 4 is 22.5 Å². The van der Waals surface area contributed by atoms with Crippen LogP contribution in [-0.4, -0.2) is 31.1 Å². The molecule has 0 spiro atoms. The number of fused-ring (bicyclic) bond motifs is 1. The number of aromatic nitrogens is 1. The first kappa shape index (κ1) is 16.3. The van der Waals surface area contributed by atoms with Gasteiger partial charge in [0, 0.05) is 36.4 Å². The Balaban J connectivity index is 2.24. The molecule has 0 aliphatic carbocycles. The van der Waals surface area contributed by atoms with Gasteiger partial charge in [-0.2, -0.15) is 0 Å². The van der Waals surface area contributed by atoms with Gasteiger partial charge in [-0.25, -0.2) is 0 Å². The van der Waals surface area contributed by atoms with Crippen LogP contribution < -0.4 is 10.6 Å². The molecule has 1 heterocycles. The molecule has 3 rings (SSSR count). The first-order chi connectivity index (χ1) is 11.5. The minimum Gasteiger partial charge on any atom is -0.378 e. The van der Waals surface area contributed by atoms with E-state index < -0.39 is 0 Å². The maximum Gasteiger partial charge on any atom is 0.262 e. The molecule has 0 aliphatic rings. The van der Waals surface area contributed by atoms with Gasteiger partial charge in [0.1, 0.15) is 0 Å². The van der Waals surface area contributed by atoms with E-state index in [9.17, 15) is 4.79 Å². The number of nitrogens with zero attached hydrogens (tertiary/aromatic N) is 2. The summed E-state index contributed by atoms with van der Waals surface area (Å²) in [5, 5.41) is 1.11. The number of hydrogen-bond acceptors (Lipinski definition) is 3.